The zero-order chi connectivity index (χ0) is 11.5. The molecule has 0 amide bonds. The van der Waals surface area contributed by atoms with Gasteiger partial charge in [0.05, 0.1) is 6.10 Å². The molecule has 2 rings (SSSR count). The van der Waals surface area contributed by atoms with Gasteiger partial charge in [-0.3, -0.25) is 0 Å². The first-order valence-electron chi connectivity index (χ1n) is 5.49. The summed E-state index contributed by atoms with van der Waals surface area (Å²) in [6.45, 7) is 1.41. The second-order valence-electron chi connectivity index (χ2n) is 4.10. The van der Waals surface area contributed by atoms with Crippen LogP contribution in [-0.2, 0) is 4.74 Å². The van der Waals surface area contributed by atoms with Gasteiger partial charge in [0.15, 0.2) is 0 Å². The molecule has 0 radical (unpaired) electrons. The zero-order valence-electron chi connectivity index (χ0n) is 8.96. The first-order chi connectivity index (χ1) is 7.72. The van der Waals surface area contributed by atoms with E-state index < -0.39 is 0 Å². The maximum absolute atomic E-state index is 6.18. The summed E-state index contributed by atoms with van der Waals surface area (Å²) in [5.41, 5.74) is 6.76. The molecule has 1 heterocycles. The van der Waals surface area contributed by atoms with Crippen molar-refractivity contribution in [3.05, 3.63) is 33.8 Å². The number of ether oxygens (including phenoxy) is 1. The third-order valence-electron chi connectivity index (χ3n) is 3.02. The van der Waals surface area contributed by atoms with Gasteiger partial charge in [-0.15, -0.1) is 0 Å². The summed E-state index contributed by atoms with van der Waals surface area (Å²) >= 11 is 12.1. The molecule has 1 fully saturated rings. The first kappa shape index (κ1) is 12.2. The normalized spacial score (nSPS) is 25.7. The minimum Gasteiger partial charge on any atom is -0.373 e. The van der Waals surface area contributed by atoms with Crippen molar-refractivity contribution in [2.24, 2.45) is 11.7 Å². The Labute approximate surface area is 106 Å². The molecule has 88 valence electrons. The molecule has 0 spiro atoms. The maximum atomic E-state index is 6.18. The van der Waals surface area contributed by atoms with Crippen molar-refractivity contribution in [1.82, 2.24) is 0 Å². The fourth-order valence-corrected chi connectivity index (χ4v) is 2.68. The van der Waals surface area contributed by atoms with E-state index in [1.54, 1.807) is 6.07 Å². The SMILES string of the molecule is NCC1CCCOC1c1ccc(Cl)cc1Cl. The predicted molar refractivity (Wildman–Crippen MR) is 66.9 cm³/mol. The van der Waals surface area contributed by atoms with E-state index in [1.165, 1.54) is 0 Å². The monoisotopic (exact) mass is 259 g/mol. The molecule has 2 N–H and O–H groups in total. The van der Waals surface area contributed by atoms with E-state index in [-0.39, 0.29) is 6.10 Å². The Bertz CT molecular complexity index is 370. The molecule has 2 unspecified atom stereocenters. The summed E-state index contributed by atoms with van der Waals surface area (Å²) in [6.07, 6.45) is 2.19. The lowest BCUT2D eigenvalue weighted by atomic mass is 9.89. The number of rotatable bonds is 2. The molecule has 1 aliphatic rings. The van der Waals surface area contributed by atoms with E-state index >= 15 is 0 Å². The van der Waals surface area contributed by atoms with Crippen LogP contribution in [0.1, 0.15) is 24.5 Å². The van der Waals surface area contributed by atoms with Gasteiger partial charge in [0.1, 0.15) is 0 Å². The third kappa shape index (κ3) is 2.51. The largest absolute Gasteiger partial charge is 0.373 e. The van der Waals surface area contributed by atoms with Crippen LogP contribution in [0.4, 0.5) is 0 Å². The molecule has 1 aromatic carbocycles. The Morgan fingerprint density at radius 1 is 1.38 bits per heavy atom. The maximum Gasteiger partial charge on any atom is 0.0879 e. The highest BCUT2D eigenvalue weighted by atomic mass is 35.5. The summed E-state index contributed by atoms with van der Waals surface area (Å²) in [5.74, 6) is 0.354. The van der Waals surface area contributed by atoms with Gasteiger partial charge in [-0.2, -0.15) is 0 Å². The molecule has 4 heteroatoms. The third-order valence-corrected chi connectivity index (χ3v) is 3.58. The number of benzene rings is 1. The molecule has 0 aliphatic carbocycles. The molecule has 0 aromatic heterocycles. The molecular weight excluding hydrogens is 245 g/mol. The Balaban J connectivity index is 2.27. The van der Waals surface area contributed by atoms with Crippen LogP contribution in [0.3, 0.4) is 0 Å². The molecule has 0 saturated carbocycles. The summed E-state index contributed by atoms with van der Waals surface area (Å²) in [6, 6.07) is 5.53. The van der Waals surface area contributed by atoms with E-state index in [0.717, 1.165) is 25.0 Å². The van der Waals surface area contributed by atoms with Gasteiger partial charge in [-0.05, 0) is 37.1 Å². The molecular formula is C12H15Cl2NO. The lowest BCUT2D eigenvalue weighted by molar-refractivity contribution is -0.0250. The van der Waals surface area contributed by atoms with Crippen molar-refractivity contribution >= 4 is 23.2 Å². The Morgan fingerprint density at radius 2 is 2.19 bits per heavy atom. The van der Waals surface area contributed by atoms with Crippen molar-refractivity contribution in [3.8, 4) is 0 Å². The highest BCUT2D eigenvalue weighted by molar-refractivity contribution is 6.35. The summed E-state index contributed by atoms with van der Waals surface area (Å²) in [7, 11) is 0. The average Bonchev–Trinajstić information content (AvgIpc) is 2.29. The van der Waals surface area contributed by atoms with Crippen LogP contribution >= 0.6 is 23.2 Å². The fraction of sp³-hybridized carbons (Fsp3) is 0.500. The van der Waals surface area contributed by atoms with Crippen LogP contribution in [-0.4, -0.2) is 13.2 Å². The number of hydrogen-bond acceptors (Lipinski definition) is 2. The zero-order valence-corrected chi connectivity index (χ0v) is 10.5. The average molecular weight is 260 g/mol. The lowest BCUT2D eigenvalue weighted by Crippen LogP contribution is -2.28. The van der Waals surface area contributed by atoms with E-state index in [4.69, 9.17) is 33.7 Å². The smallest absolute Gasteiger partial charge is 0.0879 e. The van der Waals surface area contributed by atoms with Crippen LogP contribution in [0.15, 0.2) is 18.2 Å². The molecule has 2 atom stereocenters. The van der Waals surface area contributed by atoms with Gasteiger partial charge >= 0.3 is 0 Å². The number of hydrogen-bond donors (Lipinski definition) is 1. The van der Waals surface area contributed by atoms with Gasteiger partial charge in [-0.1, -0.05) is 29.3 Å². The van der Waals surface area contributed by atoms with E-state index in [1.807, 2.05) is 12.1 Å². The van der Waals surface area contributed by atoms with Crippen LogP contribution < -0.4 is 5.73 Å². The molecule has 2 nitrogen and oxygen atoms in total. The summed E-state index contributed by atoms with van der Waals surface area (Å²) in [5, 5.41) is 1.31. The molecule has 1 saturated heterocycles. The summed E-state index contributed by atoms with van der Waals surface area (Å²) < 4.78 is 5.78. The van der Waals surface area contributed by atoms with Crippen molar-refractivity contribution in [2.75, 3.05) is 13.2 Å². The molecule has 16 heavy (non-hydrogen) atoms. The van der Waals surface area contributed by atoms with Crippen LogP contribution in [0.2, 0.25) is 10.0 Å². The van der Waals surface area contributed by atoms with Crippen molar-refractivity contribution in [2.45, 2.75) is 18.9 Å². The van der Waals surface area contributed by atoms with Crippen LogP contribution in [0, 0.1) is 5.92 Å². The Kier molecular flexibility index (Phi) is 4.09. The van der Waals surface area contributed by atoms with Crippen molar-refractivity contribution in [1.29, 1.82) is 0 Å². The second kappa shape index (κ2) is 5.37. The van der Waals surface area contributed by atoms with E-state index in [2.05, 4.69) is 0 Å². The second-order valence-corrected chi connectivity index (χ2v) is 4.94. The fourth-order valence-electron chi connectivity index (χ4n) is 2.16. The van der Waals surface area contributed by atoms with E-state index in [0.29, 0.717) is 22.5 Å². The van der Waals surface area contributed by atoms with Gasteiger partial charge in [0.2, 0.25) is 0 Å². The number of halogens is 2. The molecule has 0 bridgehead atoms. The first-order valence-corrected chi connectivity index (χ1v) is 6.24. The predicted octanol–water partition coefficient (Wildman–Crippen LogP) is 3.42. The van der Waals surface area contributed by atoms with Gasteiger partial charge in [0.25, 0.3) is 0 Å². The highest BCUT2D eigenvalue weighted by Gasteiger charge is 2.27. The summed E-state index contributed by atoms with van der Waals surface area (Å²) in [4.78, 5) is 0. The van der Waals surface area contributed by atoms with Crippen LogP contribution in [0.5, 0.6) is 0 Å². The van der Waals surface area contributed by atoms with Crippen molar-refractivity contribution in [3.63, 3.8) is 0 Å². The van der Waals surface area contributed by atoms with Gasteiger partial charge in [-0.25, -0.2) is 0 Å². The lowest BCUT2D eigenvalue weighted by Gasteiger charge is -2.31. The molecule has 1 aliphatic heterocycles. The quantitative estimate of drug-likeness (QED) is 0.884. The minimum atomic E-state index is 0.0171. The standard InChI is InChI=1S/C12H15Cl2NO/c13-9-3-4-10(11(14)6-9)12-8(7-15)2-1-5-16-12/h3-4,6,8,12H,1-2,5,7,15H2. The number of nitrogens with two attached hydrogens (primary N) is 1. The van der Waals surface area contributed by atoms with Crippen molar-refractivity contribution < 1.29 is 4.74 Å². The topological polar surface area (TPSA) is 35.2 Å². The highest BCUT2D eigenvalue weighted by Crippen LogP contribution is 2.37. The Morgan fingerprint density at radius 3 is 2.88 bits per heavy atom. The minimum absolute atomic E-state index is 0.0171. The van der Waals surface area contributed by atoms with Crippen LogP contribution in [0.25, 0.3) is 0 Å². The Hall–Kier alpha value is -0.280. The van der Waals surface area contributed by atoms with Gasteiger partial charge in [0, 0.05) is 22.6 Å². The molecule has 1 aromatic rings. The van der Waals surface area contributed by atoms with Gasteiger partial charge < -0.3 is 10.5 Å². The van der Waals surface area contributed by atoms with E-state index in [9.17, 15) is 0 Å².